The fourth-order valence-corrected chi connectivity index (χ4v) is 1.32. The number of ether oxygens (including phenoxy) is 2. The molecule has 0 amide bonds. The smallest absolute Gasteiger partial charge is 0.333 e. The van der Waals surface area contributed by atoms with Crippen LogP contribution in [0.5, 0.6) is 0 Å². The van der Waals surface area contributed by atoms with E-state index in [2.05, 4.69) is 6.58 Å². The van der Waals surface area contributed by atoms with Crippen LogP contribution in [0, 0.1) is 0 Å². The summed E-state index contributed by atoms with van der Waals surface area (Å²) in [7, 11) is 0. The maximum Gasteiger partial charge on any atom is 0.333 e. The van der Waals surface area contributed by atoms with E-state index in [4.69, 9.17) is 9.47 Å². The third kappa shape index (κ3) is 5.31. The second kappa shape index (κ2) is 7.44. The molecule has 0 radical (unpaired) electrons. The first-order chi connectivity index (χ1) is 7.70. The van der Waals surface area contributed by atoms with Gasteiger partial charge in [-0.25, -0.2) is 4.79 Å². The molecule has 16 heavy (non-hydrogen) atoms. The summed E-state index contributed by atoms with van der Waals surface area (Å²) in [4.78, 5) is 10.9. The molecule has 3 heteroatoms. The Balaban J connectivity index is 0.000000267. The van der Waals surface area contributed by atoms with Gasteiger partial charge in [0, 0.05) is 12.2 Å². The van der Waals surface area contributed by atoms with Crippen LogP contribution in [-0.4, -0.2) is 25.3 Å². The maximum absolute atomic E-state index is 10.9. The predicted octanol–water partition coefficient (Wildman–Crippen LogP) is 2.85. The molecule has 0 spiro atoms. The Morgan fingerprint density at radius 3 is 2.31 bits per heavy atom. The monoisotopic (exact) mass is 226 g/mol. The van der Waals surface area contributed by atoms with Gasteiger partial charge in [-0.2, -0.15) is 0 Å². The van der Waals surface area contributed by atoms with Crippen molar-refractivity contribution in [1.82, 2.24) is 0 Å². The van der Waals surface area contributed by atoms with Gasteiger partial charge in [-0.05, 0) is 19.8 Å². The van der Waals surface area contributed by atoms with Crippen molar-refractivity contribution in [3.8, 4) is 0 Å². The molecular formula is C13H22O3. The Bertz CT molecular complexity index is 221. The van der Waals surface area contributed by atoms with Crippen LogP contribution in [-0.2, 0) is 14.3 Å². The number of rotatable bonds is 3. The highest BCUT2D eigenvalue weighted by Crippen LogP contribution is 2.15. The summed E-state index contributed by atoms with van der Waals surface area (Å²) in [6, 6.07) is 0. The molecule has 3 nitrogen and oxygen atoms in total. The number of carbonyl (C=O) groups is 1. The van der Waals surface area contributed by atoms with E-state index in [1.165, 1.54) is 25.7 Å². The lowest BCUT2D eigenvalue weighted by Crippen LogP contribution is -2.17. The number of hydrogen-bond donors (Lipinski definition) is 0. The van der Waals surface area contributed by atoms with Crippen LogP contribution in [0.3, 0.4) is 0 Å². The van der Waals surface area contributed by atoms with E-state index in [1.54, 1.807) is 6.92 Å². The van der Waals surface area contributed by atoms with Crippen LogP contribution in [0.15, 0.2) is 12.2 Å². The second-order valence-corrected chi connectivity index (χ2v) is 4.43. The van der Waals surface area contributed by atoms with Gasteiger partial charge in [-0.1, -0.05) is 32.3 Å². The lowest BCUT2D eigenvalue weighted by atomic mass is 10.0. The van der Waals surface area contributed by atoms with E-state index in [0.717, 1.165) is 19.4 Å². The normalized spacial score (nSPS) is 22.7. The van der Waals surface area contributed by atoms with Crippen molar-refractivity contribution in [2.45, 2.75) is 51.6 Å². The molecule has 92 valence electrons. The standard InChI is InChI=1S/C9H14O3.C4H8/c1-7(2)9(10)12-6-8-4-3-5-11-8;1-2-4-3-1/h8H,1,3-6H2,2H3;1-4H2. The quantitative estimate of drug-likeness (QED) is 0.548. The highest BCUT2D eigenvalue weighted by atomic mass is 16.6. The topological polar surface area (TPSA) is 35.5 Å². The Morgan fingerprint density at radius 2 is 1.94 bits per heavy atom. The van der Waals surface area contributed by atoms with Gasteiger partial charge in [0.25, 0.3) is 0 Å². The van der Waals surface area contributed by atoms with Gasteiger partial charge in [0.15, 0.2) is 0 Å². The van der Waals surface area contributed by atoms with Gasteiger partial charge in [-0.3, -0.25) is 0 Å². The zero-order chi connectivity index (χ0) is 11.8. The van der Waals surface area contributed by atoms with Crippen molar-refractivity contribution in [3.63, 3.8) is 0 Å². The molecule has 1 aliphatic carbocycles. The van der Waals surface area contributed by atoms with Crippen LogP contribution in [0.4, 0.5) is 0 Å². The van der Waals surface area contributed by atoms with Crippen molar-refractivity contribution in [1.29, 1.82) is 0 Å². The molecule has 0 aromatic heterocycles. The highest BCUT2D eigenvalue weighted by Gasteiger charge is 2.17. The Kier molecular flexibility index (Phi) is 6.16. The lowest BCUT2D eigenvalue weighted by molar-refractivity contribution is -0.142. The molecule has 0 aromatic rings. The van der Waals surface area contributed by atoms with Gasteiger partial charge < -0.3 is 9.47 Å². The molecule has 2 aliphatic rings. The van der Waals surface area contributed by atoms with Crippen molar-refractivity contribution < 1.29 is 14.3 Å². The molecule has 2 rings (SSSR count). The van der Waals surface area contributed by atoms with Crippen LogP contribution < -0.4 is 0 Å². The summed E-state index contributed by atoms with van der Waals surface area (Å²) in [5, 5.41) is 0. The third-order valence-corrected chi connectivity index (χ3v) is 2.77. The molecule has 0 aromatic carbocycles. The van der Waals surface area contributed by atoms with Gasteiger partial charge in [0.1, 0.15) is 6.61 Å². The van der Waals surface area contributed by atoms with Crippen LogP contribution in [0.1, 0.15) is 45.4 Å². The van der Waals surface area contributed by atoms with Crippen LogP contribution in [0.2, 0.25) is 0 Å². The molecule has 2 fully saturated rings. The minimum absolute atomic E-state index is 0.105. The molecule has 1 aliphatic heterocycles. The summed E-state index contributed by atoms with van der Waals surface area (Å²) in [6.45, 7) is 6.28. The third-order valence-electron chi connectivity index (χ3n) is 2.77. The second-order valence-electron chi connectivity index (χ2n) is 4.43. The zero-order valence-corrected chi connectivity index (χ0v) is 10.2. The average molecular weight is 226 g/mol. The SMILES string of the molecule is C1CCC1.C=C(C)C(=O)OCC1CCCO1. The summed E-state index contributed by atoms with van der Waals surface area (Å²) < 4.78 is 10.2. The molecule has 1 heterocycles. The fourth-order valence-electron chi connectivity index (χ4n) is 1.32. The fraction of sp³-hybridized carbons (Fsp3) is 0.769. The molecular weight excluding hydrogens is 204 g/mol. The van der Waals surface area contributed by atoms with E-state index in [9.17, 15) is 4.79 Å². The molecule has 1 saturated carbocycles. The van der Waals surface area contributed by atoms with Gasteiger partial charge in [-0.15, -0.1) is 0 Å². The van der Waals surface area contributed by atoms with E-state index in [0.29, 0.717) is 12.2 Å². The van der Waals surface area contributed by atoms with Crippen LogP contribution >= 0.6 is 0 Å². The maximum atomic E-state index is 10.9. The van der Waals surface area contributed by atoms with Gasteiger partial charge >= 0.3 is 5.97 Å². The Labute approximate surface area is 97.8 Å². The highest BCUT2D eigenvalue weighted by molar-refractivity contribution is 5.86. The van der Waals surface area contributed by atoms with E-state index in [-0.39, 0.29) is 12.1 Å². The van der Waals surface area contributed by atoms with E-state index in [1.807, 2.05) is 0 Å². The minimum atomic E-state index is -0.328. The first-order valence-corrected chi connectivity index (χ1v) is 6.14. The summed E-state index contributed by atoms with van der Waals surface area (Å²) in [5.74, 6) is -0.328. The minimum Gasteiger partial charge on any atom is -0.460 e. The summed E-state index contributed by atoms with van der Waals surface area (Å²) in [5.41, 5.74) is 0.438. The molecule has 1 atom stereocenters. The number of esters is 1. The Morgan fingerprint density at radius 1 is 1.31 bits per heavy atom. The Hall–Kier alpha value is -0.830. The summed E-state index contributed by atoms with van der Waals surface area (Å²) in [6.07, 6.45) is 8.16. The van der Waals surface area contributed by atoms with Crippen molar-refractivity contribution in [2.75, 3.05) is 13.2 Å². The zero-order valence-electron chi connectivity index (χ0n) is 10.2. The van der Waals surface area contributed by atoms with Gasteiger partial charge in [0.05, 0.1) is 6.10 Å². The molecule has 0 N–H and O–H groups in total. The first kappa shape index (κ1) is 13.2. The molecule has 1 saturated heterocycles. The first-order valence-electron chi connectivity index (χ1n) is 6.14. The van der Waals surface area contributed by atoms with Gasteiger partial charge in [0.2, 0.25) is 0 Å². The number of hydrogen-bond acceptors (Lipinski definition) is 3. The summed E-state index contributed by atoms with van der Waals surface area (Å²) >= 11 is 0. The van der Waals surface area contributed by atoms with Crippen molar-refractivity contribution in [2.24, 2.45) is 0 Å². The number of carbonyl (C=O) groups excluding carboxylic acids is 1. The molecule has 0 bridgehead atoms. The lowest BCUT2D eigenvalue weighted by Gasteiger charge is -2.09. The van der Waals surface area contributed by atoms with E-state index < -0.39 is 0 Å². The molecule has 1 unspecified atom stereocenters. The van der Waals surface area contributed by atoms with Crippen LogP contribution in [0.25, 0.3) is 0 Å². The van der Waals surface area contributed by atoms with E-state index >= 15 is 0 Å². The van der Waals surface area contributed by atoms with Crippen molar-refractivity contribution >= 4 is 5.97 Å². The predicted molar refractivity (Wildman–Crippen MR) is 63.2 cm³/mol. The van der Waals surface area contributed by atoms with Crippen molar-refractivity contribution in [3.05, 3.63) is 12.2 Å². The largest absolute Gasteiger partial charge is 0.460 e. The average Bonchev–Trinajstić information content (AvgIpc) is 2.63.